The number of aliphatic carboxylic acids is 1. The number of carbonyl (C=O) groups excluding carboxylic acids is 1. The van der Waals surface area contributed by atoms with Crippen LogP contribution in [0.4, 0.5) is 13.2 Å². The third kappa shape index (κ3) is 8.10. The lowest BCUT2D eigenvalue weighted by molar-refractivity contribution is -0.192. The summed E-state index contributed by atoms with van der Waals surface area (Å²) in [6, 6.07) is 17.4. The Bertz CT molecular complexity index is 1230. The number of amides is 1. The van der Waals surface area contributed by atoms with Crippen LogP contribution in [0, 0.1) is 0 Å². The van der Waals surface area contributed by atoms with E-state index >= 15 is 0 Å². The number of fused-ring (bicyclic) bond motifs is 1. The van der Waals surface area contributed by atoms with E-state index < -0.39 is 12.1 Å². The van der Waals surface area contributed by atoms with E-state index in [4.69, 9.17) is 14.6 Å². The van der Waals surface area contributed by atoms with Gasteiger partial charge in [-0.3, -0.25) is 9.36 Å². The highest BCUT2D eigenvalue weighted by Gasteiger charge is 2.38. The fourth-order valence-corrected chi connectivity index (χ4v) is 4.21. The number of alkyl halides is 3. The van der Waals surface area contributed by atoms with Gasteiger partial charge in [0.2, 0.25) is 0 Å². The molecule has 1 atom stereocenters. The lowest BCUT2D eigenvalue weighted by Crippen LogP contribution is -2.46. The van der Waals surface area contributed by atoms with E-state index in [2.05, 4.69) is 15.2 Å². The van der Waals surface area contributed by atoms with Gasteiger partial charge in [0.25, 0.3) is 5.91 Å². The number of rotatable bonds is 7. The second kappa shape index (κ2) is 12.4. The largest absolute Gasteiger partial charge is 0.490 e. The molecule has 0 radical (unpaired) electrons. The Balaban J connectivity index is 0.000000479. The lowest BCUT2D eigenvalue weighted by Gasteiger charge is -2.34. The number of aromatic nitrogens is 2. The molecule has 2 aromatic carbocycles. The Hall–Kier alpha value is -3.80. The second-order valence-corrected chi connectivity index (χ2v) is 8.72. The standard InChI is InChI=1S/C23H28N4O3.C2HF3O2/c1-17(24-22(28)16-30-19-7-3-2-4-8-19)15-26-13-11-18(12-14-26)27-21-10-6-5-9-20(21)25-23(27)29;3-2(4,5)1(6)7/h2-10,17-18H,11-16H2,1H3,(H,24,28)(H,25,29);(H,6,7)/t17-;/m0./s1. The Labute approximate surface area is 210 Å². The van der Waals surface area contributed by atoms with E-state index in [1.807, 2.05) is 66.1 Å². The predicted octanol–water partition coefficient (Wildman–Crippen LogP) is 3.18. The quantitative estimate of drug-likeness (QED) is 0.439. The van der Waals surface area contributed by atoms with Gasteiger partial charge in [-0.05, 0) is 44.0 Å². The van der Waals surface area contributed by atoms with Gasteiger partial charge < -0.3 is 25.0 Å². The summed E-state index contributed by atoms with van der Waals surface area (Å²) in [5, 5.41) is 10.1. The number of carboxylic acids is 1. The molecule has 3 aromatic rings. The number of hydrogen-bond acceptors (Lipinski definition) is 5. The number of imidazole rings is 1. The molecule has 0 aliphatic carbocycles. The molecular weight excluding hydrogens is 493 g/mol. The zero-order valence-corrected chi connectivity index (χ0v) is 20.2. The number of hydrogen-bond donors (Lipinski definition) is 3. The number of nitrogens with zero attached hydrogens (tertiary/aromatic N) is 2. The van der Waals surface area contributed by atoms with Crippen LogP contribution in [0.5, 0.6) is 5.75 Å². The van der Waals surface area contributed by atoms with Gasteiger partial charge in [0, 0.05) is 31.7 Å². The van der Waals surface area contributed by atoms with Gasteiger partial charge in [-0.2, -0.15) is 13.2 Å². The van der Waals surface area contributed by atoms with Crippen molar-refractivity contribution < 1.29 is 32.6 Å². The highest BCUT2D eigenvalue weighted by molar-refractivity contribution is 5.77. The molecule has 1 fully saturated rings. The molecule has 0 spiro atoms. The molecule has 0 saturated carbocycles. The van der Waals surface area contributed by atoms with Crippen LogP contribution in [0.3, 0.4) is 0 Å². The number of likely N-dealkylation sites (tertiary alicyclic amines) is 1. The van der Waals surface area contributed by atoms with Crippen molar-refractivity contribution in [2.75, 3.05) is 26.2 Å². The van der Waals surface area contributed by atoms with Gasteiger partial charge in [0.05, 0.1) is 11.0 Å². The summed E-state index contributed by atoms with van der Waals surface area (Å²) in [7, 11) is 0. The smallest absolute Gasteiger partial charge is 0.484 e. The summed E-state index contributed by atoms with van der Waals surface area (Å²) in [5.74, 6) is -2.19. The van der Waals surface area contributed by atoms with Crippen molar-refractivity contribution >= 4 is 22.9 Å². The molecule has 0 bridgehead atoms. The molecule has 1 saturated heterocycles. The minimum Gasteiger partial charge on any atom is -0.484 e. The normalized spacial score (nSPS) is 15.5. The number of aromatic amines is 1. The molecular formula is C25H29F3N4O5. The number of benzene rings is 2. The first-order chi connectivity index (χ1) is 17.5. The lowest BCUT2D eigenvalue weighted by atomic mass is 10.0. The molecule has 1 aliphatic heterocycles. The minimum atomic E-state index is -5.08. The van der Waals surface area contributed by atoms with E-state index in [0.717, 1.165) is 43.5 Å². The molecule has 1 aromatic heterocycles. The van der Waals surface area contributed by atoms with E-state index in [9.17, 15) is 22.8 Å². The number of para-hydroxylation sites is 3. The van der Waals surface area contributed by atoms with Crippen LogP contribution >= 0.6 is 0 Å². The van der Waals surface area contributed by atoms with Crippen molar-refractivity contribution in [2.45, 2.75) is 38.0 Å². The molecule has 1 amide bonds. The van der Waals surface area contributed by atoms with Gasteiger partial charge >= 0.3 is 17.8 Å². The van der Waals surface area contributed by atoms with Crippen LogP contribution in [-0.2, 0) is 9.59 Å². The van der Waals surface area contributed by atoms with E-state index in [1.54, 1.807) is 0 Å². The Morgan fingerprint density at radius 2 is 1.70 bits per heavy atom. The number of H-pyrrole nitrogens is 1. The number of carboxylic acid groups (broad SMARTS) is 1. The van der Waals surface area contributed by atoms with Crippen LogP contribution < -0.4 is 15.7 Å². The van der Waals surface area contributed by atoms with Gasteiger partial charge in [-0.25, -0.2) is 9.59 Å². The van der Waals surface area contributed by atoms with Gasteiger partial charge in [-0.15, -0.1) is 0 Å². The Morgan fingerprint density at radius 3 is 2.32 bits per heavy atom. The maximum Gasteiger partial charge on any atom is 0.490 e. The average Bonchev–Trinajstić information content (AvgIpc) is 3.19. The summed E-state index contributed by atoms with van der Waals surface area (Å²) in [6.45, 7) is 4.61. The van der Waals surface area contributed by atoms with Crippen molar-refractivity contribution in [2.24, 2.45) is 0 Å². The van der Waals surface area contributed by atoms with Crippen LogP contribution in [0.15, 0.2) is 59.4 Å². The zero-order valence-electron chi connectivity index (χ0n) is 20.2. The second-order valence-electron chi connectivity index (χ2n) is 8.72. The van der Waals surface area contributed by atoms with Crippen LogP contribution in [-0.4, -0.2) is 69.9 Å². The van der Waals surface area contributed by atoms with E-state index in [-0.39, 0.29) is 30.3 Å². The Morgan fingerprint density at radius 1 is 1.11 bits per heavy atom. The van der Waals surface area contributed by atoms with Gasteiger partial charge in [0.1, 0.15) is 5.75 Å². The number of nitrogens with one attached hydrogen (secondary N) is 2. The number of carbonyl (C=O) groups is 2. The van der Waals surface area contributed by atoms with Crippen molar-refractivity contribution in [1.29, 1.82) is 0 Å². The molecule has 0 unspecified atom stereocenters. The molecule has 9 nitrogen and oxygen atoms in total. The monoisotopic (exact) mass is 522 g/mol. The van der Waals surface area contributed by atoms with Crippen LogP contribution in [0.25, 0.3) is 11.0 Å². The Kier molecular flexibility index (Phi) is 9.34. The van der Waals surface area contributed by atoms with Gasteiger partial charge in [0.15, 0.2) is 6.61 Å². The summed E-state index contributed by atoms with van der Waals surface area (Å²) >= 11 is 0. The summed E-state index contributed by atoms with van der Waals surface area (Å²) in [6.07, 6.45) is -3.25. The highest BCUT2D eigenvalue weighted by Crippen LogP contribution is 2.24. The third-order valence-electron chi connectivity index (χ3n) is 5.84. The third-order valence-corrected chi connectivity index (χ3v) is 5.84. The molecule has 4 rings (SSSR count). The first-order valence-corrected chi connectivity index (χ1v) is 11.7. The summed E-state index contributed by atoms with van der Waals surface area (Å²) in [4.78, 5) is 38.7. The molecule has 1 aliphatic rings. The van der Waals surface area contributed by atoms with E-state index in [1.165, 1.54) is 0 Å². The van der Waals surface area contributed by atoms with Crippen molar-refractivity contribution in [3.05, 3.63) is 65.1 Å². The highest BCUT2D eigenvalue weighted by atomic mass is 19.4. The summed E-state index contributed by atoms with van der Waals surface area (Å²) in [5.41, 5.74) is 1.83. The predicted molar refractivity (Wildman–Crippen MR) is 131 cm³/mol. The van der Waals surface area contributed by atoms with Crippen LogP contribution in [0.2, 0.25) is 0 Å². The van der Waals surface area contributed by atoms with Crippen LogP contribution in [0.1, 0.15) is 25.8 Å². The van der Waals surface area contributed by atoms with E-state index in [0.29, 0.717) is 5.75 Å². The fourth-order valence-electron chi connectivity index (χ4n) is 4.21. The molecule has 37 heavy (non-hydrogen) atoms. The minimum absolute atomic E-state index is 0.0138. The average molecular weight is 523 g/mol. The van der Waals surface area contributed by atoms with Crippen molar-refractivity contribution in [3.8, 4) is 5.75 Å². The number of halogens is 3. The summed E-state index contributed by atoms with van der Waals surface area (Å²) < 4.78 is 39.1. The molecule has 3 N–H and O–H groups in total. The maximum atomic E-state index is 12.4. The van der Waals surface area contributed by atoms with Gasteiger partial charge in [-0.1, -0.05) is 30.3 Å². The molecule has 12 heteroatoms. The van der Waals surface area contributed by atoms with Crippen molar-refractivity contribution in [1.82, 2.24) is 19.8 Å². The van der Waals surface area contributed by atoms with Crippen molar-refractivity contribution in [3.63, 3.8) is 0 Å². The number of ether oxygens (including phenoxy) is 1. The molecule has 200 valence electrons. The fraction of sp³-hybridized carbons (Fsp3) is 0.400. The topological polar surface area (TPSA) is 117 Å². The molecule has 2 heterocycles. The first-order valence-electron chi connectivity index (χ1n) is 11.7. The SMILES string of the molecule is C[C@@H](CN1CCC(n2c(=O)[nH]c3ccccc32)CC1)NC(=O)COc1ccccc1.O=C(O)C(F)(F)F. The zero-order chi connectivity index (χ0) is 27.0. The number of piperidine rings is 1. The maximum absolute atomic E-state index is 12.4. The first kappa shape index (κ1) is 27.8.